The van der Waals surface area contributed by atoms with E-state index >= 15 is 0 Å². The summed E-state index contributed by atoms with van der Waals surface area (Å²) in [5, 5.41) is 4.63. The molecule has 0 spiro atoms. The molecule has 0 radical (unpaired) electrons. The second-order valence-corrected chi connectivity index (χ2v) is 8.30. The normalized spacial score (nSPS) is 11.2. The highest BCUT2D eigenvalue weighted by molar-refractivity contribution is 7.90. The van der Waals surface area contributed by atoms with Gasteiger partial charge in [-0.1, -0.05) is 12.1 Å². The highest BCUT2D eigenvalue weighted by atomic mass is 32.2. The van der Waals surface area contributed by atoms with Crippen molar-refractivity contribution in [1.82, 2.24) is 4.98 Å². The third-order valence-electron chi connectivity index (χ3n) is 3.49. The lowest BCUT2D eigenvalue weighted by Crippen LogP contribution is -2.14. The van der Waals surface area contributed by atoms with Crippen molar-refractivity contribution in [1.29, 1.82) is 0 Å². The lowest BCUT2D eigenvalue weighted by atomic mass is 10.1. The number of aromatic nitrogens is 1. The van der Waals surface area contributed by atoms with Crippen LogP contribution in [0.15, 0.2) is 59.1 Å². The van der Waals surface area contributed by atoms with E-state index in [0.29, 0.717) is 11.4 Å². The van der Waals surface area contributed by atoms with Crippen molar-refractivity contribution in [2.45, 2.75) is 5.03 Å². The number of nitrogens with one attached hydrogen (secondary N) is 1. The summed E-state index contributed by atoms with van der Waals surface area (Å²) >= 11 is 1.59. The number of hydrogen-bond donors (Lipinski definition) is 2. The lowest BCUT2D eigenvalue weighted by molar-refractivity contribution is 0.102. The first-order valence-electron chi connectivity index (χ1n) is 7.25. The van der Waals surface area contributed by atoms with Crippen LogP contribution in [0.5, 0.6) is 0 Å². The van der Waals surface area contributed by atoms with Gasteiger partial charge in [-0.15, -0.1) is 11.3 Å². The highest BCUT2D eigenvalue weighted by Crippen LogP contribution is 2.30. The van der Waals surface area contributed by atoms with E-state index in [0.717, 1.165) is 16.7 Å². The first-order valence-corrected chi connectivity index (χ1v) is 10.0. The highest BCUT2D eigenvalue weighted by Gasteiger charge is 2.13. The molecule has 0 bridgehead atoms. The zero-order valence-electron chi connectivity index (χ0n) is 13.3. The van der Waals surface area contributed by atoms with Crippen LogP contribution in [-0.2, 0) is 9.84 Å². The number of pyridine rings is 1. The maximum absolute atomic E-state index is 12.4. The third kappa shape index (κ3) is 3.86. The topological polar surface area (TPSA) is 102 Å². The quantitative estimate of drug-likeness (QED) is 0.684. The molecule has 0 aliphatic heterocycles. The smallest absolute Gasteiger partial charge is 0.257 e. The van der Waals surface area contributed by atoms with Crippen LogP contribution in [-0.4, -0.2) is 25.6 Å². The summed E-state index contributed by atoms with van der Waals surface area (Å²) in [6.07, 6.45) is 2.29. The fourth-order valence-corrected chi connectivity index (χ4v) is 3.47. The van der Waals surface area contributed by atoms with Gasteiger partial charge in [-0.25, -0.2) is 13.4 Å². The van der Waals surface area contributed by atoms with Gasteiger partial charge in [0.1, 0.15) is 0 Å². The van der Waals surface area contributed by atoms with Gasteiger partial charge in [0.15, 0.2) is 14.9 Å². The lowest BCUT2D eigenvalue weighted by Gasteiger charge is -2.10. The number of hydrogen-bond acceptors (Lipinski definition) is 6. The van der Waals surface area contributed by atoms with E-state index in [1.165, 1.54) is 18.3 Å². The summed E-state index contributed by atoms with van der Waals surface area (Å²) < 4.78 is 22.8. The molecule has 0 unspecified atom stereocenters. The monoisotopic (exact) mass is 373 g/mol. The Hall–Kier alpha value is -2.71. The Labute approximate surface area is 149 Å². The van der Waals surface area contributed by atoms with Crippen molar-refractivity contribution in [2.75, 3.05) is 17.3 Å². The summed E-state index contributed by atoms with van der Waals surface area (Å²) in [5.41, 5.74) is 8.07. The number of nitrogens with zero attached hydrogens (tertiary/aromatic N) is 1. The number of amides is 1. The van der Waals surface area contributed by atoms with E-state index in [-0.39, 0.29) is 10.6 Å². The molecule has 2 aromatic heterocycles. The van der Waals surface area contributed by atoms with Crippen molar-refractivity contribution >= 4 is 38.5 Å². The summed E-state index contributed by atoms with van der Waals surface area (Å²) in [4.78, 5) is 17.3. The maximum Gasteiger partial charge on any atom is 0.257 e. The summed E-state index contributed by atoms with van der Waals surface area (Å²) in [7, 11) is -3.40. The van der Waals surface area contributed by atoms with Crippen LogP contribution < -0.4 is 11.1 Å². The van der Waals surface area contributed by atoms with Crippen LogP contribution in [0.2, 0.25) is 0 Å². The van der Waals surface area contributed by atoms with Gasteiger partial charge in [0, 0.05) is 17.3 Å². The second kappa shape index (κ2) is 6.66. The number of benzene rings is 1. The van der Waals surface area contributed by atoms with Gasteiger partial charge < -0.3 is 11.1 Å². The van der Waals surface area contributed by atoms with Gasteiger partial charge in [-0.2, -0.15) is 0 Å². The number of sulfone groups is 1. The summed E-state index contributed by atoms with van der Waals surface area (Å²) in [6, 6.07) is 12.1. The molecule has 6 nitrogen and oxygen atoms in total. The Kier molecular flexibility index (Phi) is 4.56. The van der Waals surface area contributed by atoms with Gasteiger partial charge in [-0.3, -0.25) is 4.79 Å². The Morgan fingerprint density at radius 3 is 2.60 bits per heavy atom. The third-order valence-corrected chi connectivity index (χ3v) is 5.41. The molecular weight excluding hydrogens is 358 g/mol. The standard InChI is InChI=1S/C17H15N3O3S2/c1-25(22,23)16-7-5-12(10-19-16)17(21)20-14-9-11(4-6-13(14)18)15-3-2-8-24-15/h2-10H,18H2,1H3,(H,20,21). The van der Waals surface area contributed by atoms with Crippen LogP contribution in [0.4, 0.5) is 11.4 Å². The van der Waals surface area contributed by atoms with Crippen molar-refractivity contribution in [3.05, 3.63) is 59.6 Å². The van der Waals surface area contributed by atoms with Gasteiger partial charge in [0.2, 0.25) is 0 Å². The number of carbonyl (C=O) groups excluding carboxylic acids is 1. The van der Waals surface area contributed by atoms with E-state index in [1.807, 2.05) is 23.6 Å². The van der Waals surface area contributed by atoms with Gasteiger partial charge in [0.05, 0.1) is 16.9 Å². The number of rotatable bonds is 4. The number of nitrogen functional groups attached to an aromatic ring is 1. The molecule has 3 N–H and O–H groups in total. The molecule has 3 rings (SSSR count). The summed E-state index contributed by atoms with van der Waals surface area (Å²) in [5.74, 6) is -0.414. The van der Waals surface area contributed by atoms with Crippen LogP contribution in [0, 0.1) is 0 Å². The van der Waals surface area contributed by atoms with E-state index < -0.39 is 15.7 Å². The molecule has 128 valence electrons. The fourth-order valence-electron chi connectivity index (χ4n) is 2.19. The van der Waals surface area contributed by atoms with Gasteiger partial charge in [0.25, 0.3) is 5.91 Å². The van der Waals surface area contributed by atoms with Crippen LogP contribution >= 0.6 is 11.3 Å². The molecule has 3 aromatic rings. The minimum atomic E-state index is -3.40. The fraction of sp³-hybridized carbons (Fsp3) is 0.0588. The average Bonchev–Trinajstić information content (AvgIpc) is 3.10. The molecular formula is C17H15N3O3S2. The van der Waals surface area contributed by atoms with Crippen molar-refractivity contribution in [2.24, 2.45) is 0 Å². The Morgan fingerprint density at radius 1 is 1.20 bits per heavy atom. The molecule has 0 atom stereocenters. The minimum Gasteiger partial charge on any atom is -0.397 e. The number of carbonyl (C=O) groups is 1. The first-order chi connectivity index (χ1) is 11.8. The Balaban J connectivity index is 1.84. The summed E-state index contributed by atoms with van der Waals surface area (Å²) in [6.45, 7) is 0. The van der Waals surface area contributed by atoms with Crippen LogP contribution in [0.3, 0.4) is 0 Å². The molecule has 2 heterocycles. The molecule has 1 aromatic carbocycles. The van der Waals surface area contributed by atoms with Gasteiger partial charge in [-0.05, 0) is 41.3 Å². The molecule has 1 amide bonds. The molecule has 0 aliphatic carbocycles. The molecule has 0 saturated carbocycles. The second-order valence-electron chi connectivity index (χ2n) is 5.39. The Morgan fingerprint density at radius 2 is 2.00 bits per heavy atom. The predicted octanol–water partition coefficient (Wildman–Crippen LogP) is 3.05. The number of anilines is 2. The largest absolute Gasteiger partial charge is 0.397 e. The van der Waals surface area contributed by atoms with E-state index in [4.69, 9.17) is 5.73 Å². The van der Waals surface area contributed by atoms with E-state index in [9.17, 15) is 13.2 Å². The van der Waals surface area contributed by atoms with E-state index in [2.05, 4.69) is 10.3 Å². The predicted molar refractivity (Wildman–Crippen MR) is 99.5 cm³/mol. The van der Waals surface area contributed by atoms with Crippen molar-refractivity contribution < 1.29 is 13.2 Å². The molecule has 0 fully saturated rings. The van der Waals surface area contributed by atoms with E-state index in [1.54, 1.807) is 23.5 Å². The number of thiophene rings is 1. The first kappa shape index (κ1) is 17.1. The van der Waals surface area contributed by atoms with Crippen LogP contribution in [0.25, 0.3) is 10.4 Å². The minimum absolute atomic E-state index is 0.0803. The zero-order chi connectivity index (χ0) is 18.0. The zero-order valence-corrected chi connectivity index (χ0v) is 14.9. The van der Waals surface area contributed by atoms with Crippen LogP contribution in [0.1, 0.15) is 10.4 Å². The molecule has 0 aliphatic rings. The molecule has 8 heteroatoms. The molecule has 0 saturated heterocycles. The molecule has 25 heavy (non-hydrogen) atoms. The van der Waals surface area contributed by atoms with Gasteiger partial charge >= 0.3 is 0 Å². The maximum atomic E-state index is 12.4. The van der Waals surface area contributed by atoms with Crippen molar-refractivity contribution in [3.63, 3.8) is 0 Å². The average molecular weight is 373 g/mol. The van der Waals surface area contributed by atoms with Crippen molar-refractivity contribution in [3.8, 4) is 10.4 Å². The number of nitrogens with two attached hydrogens (primary N) is 1. The SMILES string of the molecule is CS(=O)(=O)c1ccc(C(=O)Nc2cc(-c3cccs3)ccc2N)cn1. The Bertz CT molecular complexity index is 1010.